The molecular weight excluding hydrogens is 296 g/mol. The Kier molecular flexibility index (Phi) is 4.79. The number of carbonyl (C=O) groups is 1. The molecule has 0 spiro atoms. The van der Waals surface area contributed by atoms with Gasteiger partial charge in [0.1, 0.15) is 5.82 Å². The highest BCUT2D eigenvalue weighted by molar-refractivity contribution is 5.95. The van der Waals surface area contributed by atoms with Crippen LogP contribution in [0.15, 0.2) is 6.20 Å². The van der Waals surface area contributed by atoms with Crippen LogP contribution in [-0.4, -0.2) is 46.3 Å². The summed E-state index contributed by atoms with van der Waals surface area (Å²) in [5.74, 6) is 0.318. The summed E-state index contributed by atoms with van der Waals surface area (Å²) in [6.45, 7) is 7.93. The van der Waals surface area contributed by atoms with Crippen LogP contribution in [0.4, 0.5) is 5.82 Å². The molecule has 1 fully saturated rings. The van der Waals surface area contributed by atoms with Crippen molar-refractivity contribution < 1.29 is 14.6 Å². The molecule has 1 aromatic heterocycles. The molecule has 1 heterocycles. The summed E-state index contributed by atoms with van der Waals surface area (Å²) in [4.78, 5) is 20.9. The topological polar surface area (TPSA) is 96.4 Å². The second-order valence-corrected chi connectivity index (χ2v) is 7.33. The highest BCUT2D eigenvalue weighted by Gasteiger charge is 2.40. The van der Waals surface area contributed by atoms with Gasteiger partial charge in [-0.25, -0.2) is 9.97 Å². The largest absolute Gasteiger partial charge is 0.479 e. The molecule has 3 N–H and O–H groups in total. The van der Waals surface area contributed by atoms with E-state index in [-0.39, 0.29) is 28.9 Å². The average molecular weight is 322 g/mol. The Morgan fingerprint density at radius 2 is 2.22 bits per heavy atom. The summed E-state index contributed by atoms with van der Waals surface area (Å²) in [5, 5.41) is 15.7. The van der Waals surface area contributed by atoms with Crippen molar-refractivity contribution in [3.63, 3.8) is 0 Å². The molecule has 1 atom stereocenters. The van der Waals surface area contributed by atoms with Crippen LogP contribution < -0.4 is 15.4 Å². The van der Waals surface area contributed by atoms with Crippen molar-refractivity contribution in [2.24, 2.45) is 5.41 Å². The molecule has 0 aliphatic heterocycles. The van der Waals surface area contributed by atoms with E-state index in [1.807, 2.05) is 0 Å². The lowest BCUT2D eigenvalue weighted by atomic mass is 9.67. The minimum absolute atomic E-state index is 0.104. The molecular formula is C16H26N4O3. The van der Waals surface area contributed by atoms with Crippen molar-refractivity contribution in [3.05, 3.63) is 11.9 Å². The molecule has 1 amide bonds. The van der Waals surface area contributed by atoms with Gasteiger partial charge in [0.2, 0.25) is 5.88 Å². The lowest BCUT2D eigenvalue weighted by molar-refractivity contribution is 0.0724. The van der Waals surface area contributed by atoms with Crippen LogP contribution in [-0.2, 0) is 0 Å². The van der Waals surface area contributed by atoms with Crippen LogP contribution in [0.25, 0.3) is 0 Å². The van der Waals surface area contributed by atoms with Crippen LogP contribution >= 0.6 is 0 Å². The zero-order valence-corrected chi connectivity index (χ0v) is 14.4. The van der Waals surface area contributed by atoms with Crippen molar-refractivity contribution >= 4 is 11.7 Å². The third-order valence-electron chi connectivity index (χ3n) is 4.18. The molecule has 1 aliphatic rings. The number of amides is 1. The van der Waals surface area contributed by atoms with E-state index in [0.29, 0.717) is 12.4 Å². The highest BCUT2D eigenvalue weighted by atomic mass is 16.5. The standard InChI is InChI=1S/C16H26N4O3/c1-15(2)7-6-10(15)19-13(21)12-14(23-5)17-8-11(20-12)18-9-16(3,4)22/h8,10,22H,6-7,9H2,1-5H3,(H,18,20)(H,19,21). The molecule has 0 aromatic carbocycles. The number of ether oxygens (including phenoxy) is 1. The summed E-state index contributed by atoms with van der Waals surface area (Å²) < 4.78 is 5.14. The Morgan fingerprint density at radius 1 is 1.52 bits per heavy atom. The van der Waals surface area contributed by atoms with Gasteiger partial charge in [-0.05, 0) is 32.1 Å². The van der Waals surface area contributed by atoms with E-state index >= 15 is 0 Å². The van der Waals surface area contributed by atoms with E-state index in [2.05, 4.69) is 34.4 Å². The summed E-state index contributed by atoms with van der Waals surface area (Å²) in [6.07, 6.45) is 3.54. The third-order valence-corrected chi connectivity index (χ3v) is 4.18. The van der Waals surface area contributed by atoms with Crippen LogP contribution in [0.5, 0.6) is 5.88 Å². The number of nitrogens with one attached hydrogen (secondary N) is 2. The highest BCUT2D eigenvalue weighted by Crippen LogP contribution is 2.40. The quantitative estimate of drug-likeness (QED) is 0.736. The van der Waals surface area contributed by atoms with E-state index in [4.69, 9.17) is 4.74 Å². The minimum atomic E-state index is -0.889. The molecule has 128 valence electrons. The number of rotatable bonds is 6. The number of nitrogens with zero attached hydrogens (tertiary/aromatic N) is 2. The molecule has 0 radical (unpaired) electrons. The molecule has 1 unspecified atom stereocenters. The molecule has 7 heteroatoms. The number of aliphatic hydroxyl groups is 1. The van der Waals surface area contributed by atoms with Crippen LogP contribution in [0.3, 0.4) is 0 Å². The summed E-state index contributed by atoms with van der Waals surface area (Å²) in [5.41, 5.74) is -0.636. The van der Waals surface area contributed by atoms with Gasteiger partial charge in [-0.2, -0.15) is 0 Å². The fourth-order valence-corrected chi connectivity index (χ4v) is 2.43. The first kappa shape index (κ1) is 17.5. The van der Waals surface area contributed by atoms with Gasteiger partial charge < -0.3 is 20.5 Å². The van der Waals surface area contributed by atoms with Gasteiger partial charge >= 0.3 is 0 Å². The van der Waals surface area contributed by atoms with Gasteiger partial charge in [0.15, 0.2) is 5.69 Å². The Labute approximate surface area is 136 Å². The molecule has 0 saturated heterocycles. The van der Waals surface area contributed by atoms with E-state index in [1.165, 1.54) is 13.3 Å². The van der Waals surface area contributed by atoms with Crippen LogP contribution in [0.1, 0.15) is 51.0 Å². The monoisotopic (exact) mass is 322 g/mol. The van der Waals surface area contributed by atoms with E-state index < -0.39 is 5.60 Å². The zero-order chi connectivity index (χ0) is 17.3. The van der Waals surface area contributed by atoms with Gasteiger partial charge in [-0.15, -0.1) is 0 Å². The van der Waals surface area contributed by atoms with Crippen molar-refractivity contribution in [1.82, 2.24) is 15.3 Å². The maximum atomic E-state index is 12.5. The smallest absolute Gasteiger partial charge is 0.275 e. The number of aromatic nitrogens is 2. The maximum absolute atomic E-state index is 12.5. The Balaban J connectivity index is 2.13. The number of hydrogen-bond acceptors (Lipinski definition) is 6. The summed E-state index contributed by atoms with van der Waals surface area (Å²) in [6, 6.07) is 0.134. The molecule has 7 nitrogen and oxygen atoms in total. The van der Waals surface area contributed by atoms with E-state index in [0.717, 1.165) is 12.8 Å². The number of carbonyl (C=O) groups excluding carboxylic acids is 1. The van der Waals surface area contributed by atoms with Gasteiger partial charge in [0, 0.05) is 12.6 Å². The zero-order valence-electron chi connectivity index (χ0n) is 14.4. The Morgan fingerprint density at radius 3 is 2.70 bits per heavy atom. The van der Waals surface area contributed by atoms with Crippen LogP contribution in [0.2, 0.25) is 0 Å². The lowest BCUT2D eigenvalue weighted by Crippen LogP contribution is -2.52. The second-order valence-electron chi connectivity index (χ2n) is 7.33. The van der Waals surface area contributed by atoms with Crippen molar-refractivity contribution in [3.8, 4) is 5.88 Å². The fourth-order valence-electron chi connectivity index (χ4n) is 2.43. The number of hydrogen-bond donors (Lipinski definition) is 3. The molecule has 0 bridgehead atoms. The lowest BCUT2D eigenvalue weighted by Gasteiger charge is -2.44. The predicted molar refractivity (Wildman–Crippen MR) is 87.6 cm³/mol. The fraction of sp³-hybridized carbons (Fsp3) is 0.688. The first-order valence-corrected chi connectivity index (χ1v) is 7.80. The molecule has 1 aromatic rings. The van der Waals surface area contributed by atoms with Crippen molar-refractivity contribution in [2.45, 2.75) is 52.2 Å². The van der Waals surface area contributed by atoms with Gasteiger partial charge in [0.25, 0.3) is 5.91 Å². The molecule has 1 aliphatic carbocycles. The molecule has 2 rings (SSSR count). The van der Waals surface area contributed by atoms with Gasteiger partial charge in [0.05, 0.1) is 18.9 Å². The number of methoxy groups -OCH3 is 1. The summed E-state index contributed by atoms with van der Waals surface area (Å²) >= 11 is 0. The second kappa shape index (κ2) is 6.31. The normalized spacial score (nSPS) is 19.7. The first-order valence-electron chi connectivity index (χ1n) is 7.80. The van der Waals surface area contributed by atoms with Crippen molar-refractivity contribution in [1.29, 1.82) is 0 Å². The molecule has 23 heavy (non-hydrogen) atoms. The summed E-state index contributed by atoms with van der Waals surface area (Å²) in [7, 11) is 1.46. The first-order chi connectivity index (χ1) is 10.6. The molecule has 1 saturated carbocycles. The van der Waals surface area contributed by atoms with E-state index in [9.17, 15) is 9.90 Å². The Hall–Kier alpha value is -1.89. The van der Waals surface area contributed by atoms with Crippen LogP contribution in [0, 0.1) is 5.41 Å². The SMILES string of the molecule is COc1ncc(NCC(C)(C)O)nc1C(=O)NC1CCC1(C)C. The minimum Gasteiger partial charge on any atom is -0.479 e. The number of anilines is 1. The Bertz CT molecular complexity index is 581. The maximum Gasteiger partial charge on any atom is 0.275 e. The van der Waals surface area contributed by atoms with Crippen molar-refractivity contribution in [2.75, 3.05) is 19.0 Å². The third kappa shape index (κ3) is 4.31. The predicted octanol–water partition coefficient (Wildman–Crippen LogP) is 1.59. The van der Waals surface area contributed by atoms with Gasteiger partial charge in [-0.1, -0.05) is 13.8 Å². The van der Waals surface area contributed by atoms with E-state index in [1.54, 1.807) is 13.8 Å². The van der Waals surface area contributed by atoms with Gasteiger partial charge in [-0.3, -0.25) is 4.79 Å². The average Bonchev–Trinajstić information content (AvgIpc) is 2.48.